The van der Waals surface area contributed by atoms with Gasteiger partial charge in [-0.05, 0) is 212 Å². The van der Waals surface area contributed by atoms with Gasteiger partial charge in [0.25, 0.3) is 0 Å². The molecule has 0 aliphatic rings. The third-order valence-electron chi connectivity index (χ3n) is 21.1. The second-order valence-corrected chi connectivity index (χ2v) is 45.3. The van der Waals surface area contributed by atoms with Gasteiger partial charge in [0.15, 0.2) is 0 Å². The van der Waals surface area contributed by atoms with Gasteiger partial charge in [-0.25, -0.2) is 10.4 Å². The number of hydrogen-bond acceptors (Lipinski definition) is 2. The van der Waals surface area contributed by atoms with Crippen molar-refractivity contribution in [2.24, 2.45) is 0 Å². The Hall–Kier alpha value is -1.40. The van der Waals surface area contributed by atoms with Gasteiger partial charge in [-0.1, -0.05) is 365 Å². The molecule has 0 unspecified atom stereocenters. The molecule has 0 aliphatic heterocycles. The number of rotatable bonds is 28. The van der Waals surface area contributed by atoms with E-state index in [0.29, 0.717) is 107 Å². The Labute approximate surface area is 729 Å². The minimum absolute atomic E-state index is 0. The molecule has 0 aromatic heterocycles. The summed E-state index contributed by atoms with van der Waals surface area (Å²) in [6.07, 6.45) is 0. The molecule has 596 valence electrons. The van der Waals surface area contributed by atoms with Gasteiger partial charge in [0, 0.05) is 26.4 Å². The molecule has 6 aromatic rings. The van der Waals surface area contributed by atoms with Gasteiger partial charge in [-0.15, -0.1) is 15.8 Å². The van der Waals surface area contributed by atoms with Crippen molar-refractivity contribution >= 4 is 110 Å². The third-order valence-corrected chi connectivity index (χ3v) is 33.6. The maximum Gasteiger partial charge on any atom is 2.00 e. The van der Waals surface area contributed by atoms with Gasteiger partial charge < -0.3 is 60.7 Å². The largest absolute Gasteiger partial charge is 2.00 e. The monoisotopic (exact) mass is 1680 g/mol. The standard InChI is InChI=1S/2C45H69Si2.2C4H10O.2BrH.2Mg/c2*1-25(2)34-19-37(28(7)8)43(38(20-34)29(9)10)46-47(44-39(30(11)12)21-35(26(3)4)22-40(44)31(13)14)45-41(32(15)16)23-36(27(5)6)24-42(45)33(17)18;2*1-3-5-4-2;;;;/h2*19-33H,1-18H3;2*3-4H2,1-2H3;2*1H;;/q2*-1;;;;;2*+2/p-2. The van der Waals surface area contributed by atoms with E-state index >= 15 is 0 Å². The van der Waals surface area contributed by atoms with Crippen molar-refractivity contribution in [3.05, 3.63) is 173 Å². The Morgan fingerprint density at radius 2 is 0.315 bits per heavy atom. The summed E-state index contributed by atoms with van der Waals surface area (Å²) < 4.78 is 9.67. The van der Waals surface area contributed by atoms with Crippen molar-refractivity contribution in [3.63, 3.8) is 0 Å². The quantitative estimate of drug-likeness (QED) is 0.0456. The van der Waals surface area contributed by atoms with Crippen LogP contribution in [0, 0.1) is 0 Å². The van der Waals surface area contributed by atoms with Crippen molar-refractivity contribution in [1.29, 1.82) is 0 Å². The zero-order chi connectivity index (χ0) is 79.5. The fraction of sp³-hybridized carbons (Fsp3) is 0.633. The van der Waals surface area contributed by atoms with Crippen molar-refractivity contribution in [3.8, 4) is 0 Å². The molecule has 6 rings (SSSR count). The van der Waals surface area contributed by atoms with Gasteiger partial charge in [-0.2, -0.15) is 0 Å². The van der Waals surface area contributed by atoms with Crippen LogP contribution in [0.15, 0.2) is 72.8 Å². The van der Waals surface area contributed by atoms with Crippen LogP contribution in [0.1, 0.15) is 484 Å². The Bertz CT molecular complexity index is 3170. The van der Waals surface area contributed by atoms with Crippen LogP contribution >= 0.6 is 0 Å². The Morgan fingerprint density at radius 3 is 0.398 bits per heavy atom. The topological polar surface area (TPSA) is 18.5 Å². The predicted molar refractivity (Wildman–Crippen MR) is 489 cm³/mol. The van der Waals surface area contributed by atoms with Crippen LogP contribution in [0.4, 0.5) is 0 Å². The van der Waals surface area contributed by atoms with Gasteiger partial charge in [0.2, 0.25) is 0 Å². The van der Waals surface area contributed by atoms with E-state index in [1.807, 2.05) is 27.7 Å². The van der Waals surface area contributed by atoms with E-state index in [1.165, 1.54) is 33.4 Å². The maximum atomic E-state index is 4.83. The minimum Gasteiger partial charge on any atom is -1.00 e. The van der Waals surface area contributed by atoms with Gasteiger partial charge in [-0.3, -0.25) is 0 Å². The van der Waals surface area contributed by atoms with Crippen LogP contribution in [0.5, 0.6) is 0 Å². The Morgan fingerprint density at radius 1 is 0.204 bits per heavy atom. The molecule has 0 saturated carbocycles. The number of benzene rings is 6. The van der Waals surface area contributed by atoms with Crippen molar-refractivity contribution in [1.82, 2.24) is 0 Å². The molecular formula is C98H158Br2Mg2O2Si4. The first kappa shape index (κ1) is 109. The van der Waals surface area contributed by atoms with Gasteiger partial charge in [0.1, 0.15) is 0 Å². The van der Waals surface area contributed by atoms with Crippen molar-refractivity contribution in [2.75, 3.05) is 26.4 Å². The first-order valence-electron chi connectivity index (χ1n) is 41.9. The average molecular weight is 1690 g/mol. The summed E-state index contributed by atoms with van der Waals surface area (Å²) in [6, 6.07) is 31.3. The zero-order valence-corrected chi connectivity index (χ0v) is 87.1. The fourth-order valence-corrected chi connectivity index (χ4v) is 31.2. The molecule has 108 heavy (non-hydrogen) atoms. The van der Waals surface area contributed by atoms with E-state index in [9.17, 15) is 0 Å². The third kappa shape index (κ3) is 29.6. The van der Waals surface area contributed by atoms with Crippen LogP contribution in [-0.4, -0.2) is 106 Å². The summed E-state index contributed by atoms with van der Waals surface area (Å²) >= 11 is 0. The van der Waals surface area contributed by atoms with E-state index in [1.54, 1.807) is 97.9 Å². The van der Waals surface area contributed by atoms with Crippen LogP contribution < -0.4 is 65.1 Å². The predicted octanol–water partition coefficient (Wildman–Crippen LogP) is 19.2. The van der Waals surface area contributed by atoms with E-state index in [4.69, 9.17) is 9.47 Å². The molecular weight excluding hydrogens is 1530 g/mol. The first-order valence-corrected chi connectivity index (χ1v) is 48.9. The average Bonchev–Trinajstić information content (AvgIpc) is 0.749. The zero-order valence-electron chi connectivity index (χ0n) is 77.1. The van der Waals surface area contributed by atoms with Crippen molar-refractivity contribution in [2.45, 2.75) is 383 Å². The molecule has 10 heteroatoms. The molecule has 0 bridgehead atoms. The molecule has 0 fully saturated rings. The van der Waals surface area contributed by atoms with Crippen LogP contribution in [-0.2, 0) is 9.47 Å². The second kappa shape index (κ2) is 50.9. The molecule has 6 aromatic carbocycles. The minimum atomic E-state index is -1.25. The van der Waals surface area contributed by atoms with E-state index in [0.717, 1.165) is 43.7 Å². The number of halogens is 2. The van der Waals surface area contributed by atoms with Gasteiger partial charge >= 0.3 is 46.1 Å². The first-order chi connectivity index (χ1) is 48.4. The fourth-order valence-electron chi connectivity index (χ4n) is 14.3. The SMILES string of the molecule is CC(C)c1cc(C(C)C)c([Si-]=[Si](c2c(C(C)C)cc(C(C)C)cc2C(C)C)c2c(C(C)C)cc(C(C)C)cc2C(C)C)c(C(C)C)c1.CC(C)c1cc(C(C)C)c([Si-]=[Si](c2c(C(C)C)cc(C(C)C)cc2C(C)C)c2c(C(C)C)cc(C(C)C)cc2C(C)C)c(C(C)C)c1.CCOCC.CCOCC.[Br-].[Br-].[Mg+2].[Mg+2]. The molecule has 0 heterocycles. The van der Waals surface area contributed by atoms with Crippen LogP contribution in [0.3, 0.4) is 0 Å². The maximum absolute atomic E-state index is 4.83. The summed E-state index contributed by atoms with van der Waals surface area (Å²) in [4.78, 5) is 0. The molecule has 0 spiro atoms. The summed E-state index contributed by atoms with van der Waals surface area (Å²) in [6.45, 7) is 98.3. The molecule has 2 nitrogen and oxygen atoms in total. The molecule has 0 atom stereocenters. The Kier molecular flexibility index (Phi) is 51.2. The Balaban J connectivity index is 0. The number of ether oxygens (including phenoxy) is 2. The second-order valence-electron chi connectivity index (χ2n) is 35.8. The molecule has 0 saturated heterocycles. The van der Waals surface area contributed by atoms with Crippen LogP contribution in [0.25, 0.3) is 0 Å². The smallest absolute Gasteiger partial charge is 1.00 e. The van der Waals surface area contributed by atoms with Gasteiger partial charge in [0.05, 0.1) is 0 Å². The van der Waals surface area contributed by atoms with E-state index < -0.39 is 15.8 Å². The van der Waals surface area contributed by atoms with E-state index in [-0.39, 0.29) is 80.1 Å². The molecule has 0 aliphatic carbocycles. The number of hydrogen-bond donors (Lipinski definition) is 0. The van der Waals surface area contributed by atoms with Crippen LogP contribution in [0.2, 0.25) is 0 Å². The summed E-state index contributed by atoms with van der Waals surface area (Å²) in [5.74, 6) is 8.90. The normalized spacial score (nSPS) is 11.6. The molecule has 0 amide bonds. The summed E-state index contributed by atoms with van der Waals surface area (Å²) in [5.41, 5.74) is 28.2. The summed E-state index contributed by atoms with van der Waals surface area (Å²) in [5, 5.41) is 10.2. The summed E-state index contributed by atoms with van der Waals surface area (Å²) in [7, 11) is -0.968. The molecule has 0 radical (unpaired) electrons. The van der Waals surface area contributed by atoms with Crippen molar-refractivity contribution < 1.29 is 43.4 Å². The molecule has 0 N–H and O–H groups in total. The van der Waals surface area contributed by atoms with E-state index in [2.05, 4.69) is 322 Å².